The van der Waals surface area contributed by atoms with Crippen molar-refractivity contribution in [1.29, 1.82) is 0 Å². The molecule has 3 heterocycles. The summed E-state index contributed by atoms with van der Waals surface area (Å²) >= 11 is 0. The van der Waals surface area contributed by atoms with Crippen LogP contribution < -0.4 is 0 Å². The quantitative estimate of drug-likeness (QED) is 0.295. The van der Waals surface area contributed by atoms with Crippen molar-refractivity contribution in [3.8, 4) is 0 Å². The lowest BCUT2D eigenvalue weighted by Crippen LogP contribution is -2.42. The van der Waals surface area contributed by atoms with Crippen LogP contribution in [0.3, 0.4) is 0 Å². The Kier molecular flexibility index (Phi) is 17.3. The van der Waals surface area contributed by atoms with E-state index in [1.165, 1.54) is 51.4 Å². The van der Waals surface area contributed by atoms with Gasteiger partial charge in [-0.05, 0) is 51.4 Å². The van der Waals surface area contributed by atoms with Gasteiger partial charge in [-0.25, -0.2) is 0 Å². The van der Waals surface area contributed by atoms with Crippen molar-refractivity contribution in [2.24, 2.45) is 21.7 Å². The molecule has 8 nitrogen and oxygen atoms in total. The number of amides is 4. The van der Waals surface area contributed by atoms with E-state index in [-0.39, 0.29) is 27.6 Å². The van der Waals surface area contributed by atoms with Crippen molar-refractivity contribution in [1.82, 2.24) is 19.6 Å². The fourth-order valence-corrected chi connectivity index (χ4v) is 5.21. The summed E-state index contributed by atoms with van der Waals surface area (Å²) in [5.74, 6) is 1.09. The number of piperidine rings is 2. The molecule has 0 spiro atoms. The van der Waals surface area contributed by atoms with Gasteiger partial charge < -0.3 is 19.6 Å². The third-order valence-corrected chi connectivity index (χ3v) is 7.65. The molecule has 3 fully saturated rings. The van der Waals surface area contributed by atoms with E-state index in [4.69, 9.17) is 0 Å². The number of carbonyl (C=O) groups is 4. The minimum Gasteiger partial charge on any atom is -0.348 e. The first kappa shape index (κ1) is 41.9. The molecular formula is C36H70N4O4. The van der Waals surface area contributed by atoms with Gasteiger partial charge in [0.15, 0.2) is 0 Å². The summed E-state index contributed by atoms with van der Waals surface area (Å²) in [7, 11) is 3.54. The highest BCUT2D eigenvalue weighted by Crippen LogP contribution is 2.22. The molecule has 3 rings (SSSR count). The second-order valence-electron chi connectivity index (χ2n) is 16.9. The van der Waals surface area contributed by atoms with E-state index in [1.807, 2.05) is 97.8 Å². The molecule has 0 bridgehead atoms. The van der Waals surface area contributed by atoms with Gasteiger partial charge in [0, 0.05) is 75.0 Å². The number of rotatable bonds is 0. The van der Waals surface area contributed by atoms with E-state index in [1.54, 1.807) is 19.0 Å². The van der Waals surface area contributed by atoms with Crippen LogP contribution in [0.2, 0.25) is 0 Å². The van der Waals surface area contributed by atoms with E-state index in [9.17, 15) is 19.2 Å². The van der Waals surface area contributed by atoms with Crippen molar-refractivity contribution < 1.29 is 19.2 Å². The van der Waals surface area contributed by atoms with E-state index < -0.39 is 0 Å². The fraction of sp³-hybridized carbons (Fsp3) is 0.889. The van der Waals surface area contributed by atoms with Crippen LogP contribution in [0.4, 0.5) is 0 Å². The summed E-state index contributed by atoms with van der Waals surface area (Å²) in [5, 5.41) is 0. The molecule has 44 heavy (non-hydrogen) atoms. The lowest BCUT2D eigenvalue weighted by molar-refractivity contribution is -0.141. The molecule has 3 aliphatic heterocycles. The lowest BCUT2D eigenvalue weighted by atomic mass is 9.93. The maximum absolute atomic E-state index is 11.7. The zero-order valence-electron chi connectivity index (χ0n) is 31.3. The van der Waals surface area contributed by atoms with E-state index >= 15 is 0 Å². The average Bonchev–Trinajstić information content (AvgIpc) is 3.46. The van der Waals surface area contributed by atoms with Gasteiger partial charge in [0.1, 0.15) is 0 Å². The van der Waals surface area contributed by atoms with E-state index in [0.717, 1.165) is 39.3 Å². The highest BCUT2D eigenvalue weighted by atomic mass is 16.2. The molecule has 0 aromatic carbocycles. The third kappa shape index (κ3) is 16.3. The molecule has 0 aromatic rings. The molecule has 0 unspecified atom stereocenters. The Morgan fingerprint density at radius 1 is 0.386 bits per heavy atom. The predicted octanol–water partition coefficient (Wildman–Crippen LogP) is 6.87. The van der Waals surface area contributed by atoms with Crippen LogP contribution in [-0.4, -0.2) is 96.6 Å². The molecule has 3 saturated heterocycles. The van der Waals surface area contributed by atoms with Gasteiger partial charge in [-0.15, -0.1) is 0 Å². The standard InChI is InChI=1S/2C10H19NO.C9H17NO.C7H15NO/c2*1-10(2,3)9(12)11-7-5-4-6-8-11;1-9(2,3)8(11)10-6-4-5-7-10;1-7(2,3)6(9)8(4)5/h2*4-8H2,1-3H3;4-7H2,1-3H3;1-5H3. The van der Waals surface area contributed by atoms with Crippen molar-refractivity contribution in [3.63, 3.8) is 0 Å². The second kappa shape index (κ2) is 18.1. The Bertz CT molecular complexity index is 843. The van der Waals surface area contributed by atoms with E-state index in [0.29, 0.717) is 17.7 Å². The van der Waals surface area contributed by atoms with Crippen molar-refractivity contribution >= 4 is 23.6 Å². The van der Waals surface area contributed by atoms with Crippen LogP contribution in [0, 0.1) is 21.7 Å². The number of carbonyl (C=O) groups excluding carboxylic acids is 4. The smallest absolute Gasteiger partial charge is 0.227 e. The molecule has 0 aliphatic carbocycles. The lowest BCUT2D eigenvalue weighted by Gasteiger charge is -2.32. The van der Waals surface area contributed by atoms with Crippen LogP contribution in [-0.2, 0) is 19.2 Å². The third-order valence-electron chi connectivity index (χ3n) is 7.65. The second-order valence-corrected chi connectivity index (χ2v) is 16.9. The molecular weight excluding hydrogens is 552 g/mol. The van der Waals surface area contributed by atoms with Gasteiger partial charge in [-0.3, -0.25) is 19.2 Å². The first-order chi connectivity index (χ1) is 19.9. The van der Waals surface area contributed by atoms with Gasteiger partial charge in [-0.1, -0.05) is 83.1 Å². The number of hydrogen-bond acceptors (Lipinski definition) is 4. The average molecular weight is 623 g/mol. The molecule has 0 saturated carbocycles. The van der Waals surface area contributed by atoms with Gasteiger partial charge in [0.05, 0.1) is 0 Å². The number of nitrogens with zero attached hydrogens (tertiary/aromatic N) is 4. The molecule has 0 N–H and O–H groups in total. The van der Waals surface area contributed by atoms with Crippen LogP contribution in [0.25, 0.3) is 0 Å². The highest BCUT2D eigenvalue weighted by Gasteiger charge is 2.30. The van der Waals surface area contributed by atoms with Crippen molar-refractivity contribution in [3.05, 3.63) is 0 Å². The molecule has 3 aliphatic rings. The maximum Gasteiger partial charge on any atom is 0.227 e. The van der Waals surface area contributed by atoms with Crippen molar-refractivity contribution in [2.75, 3.05) is 53.4 Å². The van der Waals surface area contributed by atoms with Crippen LogP contribution >= 0.6 is 0 Å². The summed E-state index contributed by atoms with van der Waals surface area (Å²) in [5.41, 5.74) is -0.817. The first-order valence-corrected chi connectivity index (χ1v) is 17.0. The Hall–Kier alpha value is -2.12. The topological polar surface area (TPSA) is 81.2 Å². The fourth-order valence-electron chi connectivity index (χ4n) is 5.21. The van der Waals surface area contributed by atoms with Gasteiger partial charge in [0.25, 0.3) is 0 Å². The molecule has 0 radical (unpaired) electrons. The van der Waals surface area contributed by atoms with Crippen molar-refractivity contribution in [2.45, 2.75) is 134 Å². The highest BCUT2D eigenvalue weighted by molar-refractivity contribution is 5.82. The molecule has 0 aromatic heterocycles. The Labute approximate surface area is 271 Å². The normalized spacial score (nSPS) is 17.6. The van der Waals surface area contributed by atoms with Crippen LogP contribution in [0.5, 0.6) is 0 Å². The first-order valence-electron chi connectivity index (χ1n) is 17.0. The summed E-state index contributed by atoms with van der Waals surface area (Å²) in [6, 6.07) is 0. The number of hydrogen-bond donors (Lipinski definition) is 0. The number of likely N-dealkylation sites (tertiary alicyclic amines) is 3. The molecule has 258 valence electrons. The Morgan fingerprint density at radius 2 is 0.591 bits per heavy atom. The summed E-state index contributed by atoms with van der Waals surface area (Å²) in [6.07, 6.45) is 9.67. The van der Waals surface area contributed by atoms with E-state index in [2.05, 4.69) is 0 Å². The minimum atomic E-state index is -0.233. The minimum absolute atomic E-state index is 0.169. The summed E-state index contributed by atoms with van der Waals surface area (Å²) in [4.78, 5) is 53.8. The zero-order chi connectivity index (χ0) is 34.5. The van der Waals surface area contributed by atoms with Gasteiger partial charge >= 0.3 is 0 Å². The van der Waals surface area contributed by atoms with Crippen LogP contribution in [0.15, 0.2) is 0 Å². The molecule has 4 amide bonds. The molecule has 0 atom stereocenters. The maximum atomic E-state index is 11.7. The Balaban J connectivity index is 0.000000564. The van der Waals surface area contributed by atoms with Crippen LogP contribution in [0.1, 0.15) is 134 Å². The van der Waals surface area contributed by atoms with Gasteiger partial charge in [0.2, 0.25) is 23.6 Å². The Morgan fingerprint density at radius 3 is 0.727 bits per heavy atom. The summed E-state index contributed by atoms with van der Waals surface area (Å²) < 4.78 is 0. The SMILES string of the molecule is CC(C)(C)C(=O)N1CCCC1.CC(C)(C)C(=O)N1CCCCC1.CC(C)(C)C(=O)N1CCCCC1.CN(C)C(=O)C(C)(C)C. The largest absolute Gasteiger partial charge is 0.348 e. The monoisotopic (exact) mass is 623 g/mol. The predicted molar refractivity (Wildman–Crippen MR) is 183 cm³/mol. The molecule has 8 heteroatoms. The van der Waals surface area contributed by atoms with Gasteiger partial charge in [-0.2, -0.15) is 0 Å². The summed E-state index contributed by atoms with van der Waals surface area (Å²) in [6.45, 7) is 29.4. The zero-order valence-corrected chi connectivity index (χ0v) is 31.3.